The van der Waals surface area contributed by atoms with Gasteiger partial charge < -0.3 is 5.11 Å². The van der Waals surface area contributed by atoms with Crippen LogP contribution in [0.2, 0.25) is 0 Å². The topological polar surface area (TPSA) is 61.1 Å². The minimum Gasteiger partial charge on any atom is -0.481 e. The largest absolute Gasteiger partial charge is 0.481 e. The van der Waals surface area contributed by atoms with Crippen molar-refractivity contribution in [3.8, 4) is 6.07 Å². The molecule has 0 fully saturated rings. The minimum absolute atomic E-state index is 0.318. The maximum absolute atomic E-state index is 13.4. The Labute approximate surface area is 90.9 Å². The standard InChI is InChI=1S/C11H9F2NO2/c1-11(4-5-14,10(15)16)8-6-7(12)2-3-9(8)13/h2-3,6H,4H2,1H3,(H,15,16). The molecule has 84 valence electrons. The third kappa shape index (κ3) is 2.01. The van der Waals surface area contributed by atoms with Gasteiger partial charge in [0.25, 0.3) is 0 Å². The predicted octanol–water partition coefficient (Wildman–Crippen LogP) is 2.22. The number of hydrogen-bond donors (Lipinski definition) is 1. The Morgan fingerprint density at radius 2 is 2.19 bits per heavy atom. The fourth-order valence-electron chi connectivity index (χ4n) is 1.36. The molecule has 0 heterocycles. The normalized spacial score (nSPS) is 13.9. The molecule has 0 amide bonds. The van der Waals surface area contributed by atoms with Crippen molar-refractivity contribution in [2.24, 2.45) is 0 Å². The molecule has 3 nitrogen and oxygen atoms in total. The van der Waals surface area contributed by atoms with Gasteiger partial charge in [0.05, 0.1) is 12.5 Å². The summed E-state index contributed by atoms with van der Waals surface area (Å²) in [7, 11) is 0. The van der Waals surface area contributed by atoms with Gasteiger partial charge in [-0.05, 0) is 25.1 Å². The Hall–Kier alpha value is -1.96. The number of nitriles is 1. The first-order chi connectivity index (χ1) is 7.41. The lowest BCUT2D eigenvalue weighted by atomic mass is 9.79. The molecule has 0 spiro atoms. The van der Waals surface area contributed by atoms with E-state index in [0.29, 0.717) is 0 Å². The zero-order valence-corrected chi connectivity index (χ0v) is 8.50. The number of halogens is 2. The van der Waals surface area contributed by atoms with E-state index in [4.69, 9.17) is 10.4 Å². The van der Waals surface area contributed by atoms with Gasteiger partial charge in [0.15, 0.2) is 0 Å². The zero-order valence-electron chi connectivity index (χ0n) is 8.50. The number of hydrogen-bond acceptors (Lipinski definition) is 2. The van der Waals surface area contributed by atoms with Crippen molar-refractivity contribution in [2.75, 3.05) is 0 Å². The third-order valence-electron chi connectivity index (χ3n) is 2.43. The molecule has 1 aromatic rings. The van der Waals surface area contributed by atoms with E-state index in [1.165, 1.54) is 6.92 Å². The van der Waals surface area contributed by atoms with Crippen LogP contribution in [0, 0.1) is 23.0 Å². The van der Waals surface area contributed by atoms with Crippen molar-refractivity contribution in [3.05, 3.63) is 35.4 Å². The summed E-state index contributed by atoms with van der Waals surface area (Å²) < 4.78 is 26.3. The van der Waals surface area contributed by atoms with Gasteiger partial charge in [-0.15, -0.1) is 0 Å². The summed E-state index contributed by atoms with van der Waals surface area (Å²) in [6.45, 7) is 1.19. The van der Waals surface area contributed by atoms with Gasteiger partial charge in [0.2, 0.25) is 0 Å². The number of benzene rings is 1. The van der Waals surface area contributed by atoms with Crippen molar-refractivity contribution in [3.63, 3.8) is 0 Å². The van der Waals surface area contributed by atoms with Gasteiger partial charge in [0, 0.05) is 5.56 Å². The lowest BCUT2D eigenvalue weighted by molar-refractivity contribution is -0.143. The summed E-state index contributed by atoms with van der Waals surface area (Å²) in [6.07, 6.45) is -0.428. The van der Waals surface area contributed by atoms with E-state index in [1.807, 2.05) is 0 Å². The van der Waals surface area contributed by atoms with Crippen LogP contribution in [0.3, 0.4) is 0 Å². The molecule has 0 bridgehead atoms. The van der Waals surface area contributed by atoms with Crippen molar-refractivity contribution in [1.29, 1.82) is 5.26 Å². The minimum atomic E-state index is -1.74. The van der Waals surface area contributed by atoms with Gasteiger partial charge >= 0.3 is 5.97 Å². The molecular formula is C11H9F2NO2. The van der Waals surface area contributed by atoms with E-state index in [0.717, 1.165) is 18.2 Å². The molecule has 1 N–H and O–H groups in total. The second kappa shape index (κ2) is 4.27. The third-order valence-corrected chi connectivity index (χ3v) is 2.43. The first-order valence-corrected chi connectivity index (χ1v) is 4.47. The molecule has 1 atom stereocenters. The van der Waals surface area contributed by atoms with Gasteiger partial charge in [-0.3, -0.25) is 4.79 Å². The van der Waals surface area contributed by atoms with Gasteiger partial charge in [-0.1, -0.05) is 0 Å². The van der Waals surface area contributed by atoms with Crippen LogP contribution >= 0.6 is 0 Å². The second-order valence-corrected chi connectivity index (χ2v) is 3.60. The van der Waals surface area contributed by atoms with Crippen LogP contribution in [0.25, 0.3) is 0 Å². The quantitative estimate of drug-likeness (QED) is 0.857. The Bertz CT molecular complexity index is 468. The summed E-state index contributed by atoms with van der Waals surface area (Å²) in [4.78, 5) is 11.0. The van der Waals surface area contributed by atoms with E-state index in [1.54, 1.807) is 6.07 Å². The Morgan fingerprint density at radius 3 is 2.69 bits per heavy atom. The Balaban J connectivity index is 3.38. The molecule has 0 saturated carbocycles. The fraction of sp³-hybridized carbons (Fsp3) is 0.273. The number of carboxylic acids is 1. The number of aliphatic carboxylic acids is 1. The highest BCUT2D eigenvalue weighted by Crippen LogP contribution is 2.30. The maximum atomic E-state index is 13.4. The monoisotopic (exact) mass is 225 g/mol. The van der Waals surface area contributed by atoms with E-state index in [9.17, 15) is 13.6 Å². The highest BCUT2D eigenvalue weighted by Gasteiger charge is 2.37. The summed E-state index contributed by atoms with van der Waals surface area (Å²) in [5.41, 5.74) is -2.05. The number of nitrogens with zero attached hydrogens (tertiary/aromatic N) is 1. The highest BCUT2D eigenvalue weighted by atomic mass is 19.1. The van der Waals surface area contributed by atoms with Gasteiger partial charge in [-0.2, -0.15) is 5.26 Å². The van der Waals surface area contributed by atoms with E-state index in [2.05, 4.69) is 0 Å². The summed E-state index contributed by atoms with van der Waals surface area (Å²) in [5.74, 6) is -2.93. The molecule has 0 radical (unpaired) electrons. The Morgan fingerprint density at radius 1 is 1.56 bits per heavy atom. The van der Waals surface area contributed by atoms with E-state index < -0.39 is 29.4 Å². The maximum Gasteiger partial charge on any atom is 0.315 e. The molecule has 1 rings (SSSR count). The van der Waals surface area contributed by atoms with Crippen LogP contribution in [-0.2, 0) is 10.2 Å². The molecule has 1 aromatic carbocycles. The average molecular weight is 225 g/mol. The number of rotatable bonds is 3. The first kappa shape index (κ1) is 12.1. The van der Waals surface area contributed by atoms with Crippen molar-refractivity contribution in [2.45, 2.75) is 18.8 Å². The second-order valence-electron chi connectivity index (χ2n) is 3.60. The molecule has 0 aromatic heterocycles. The van der Waals surface area contributed by atoms with Crippen LogP contribution in [0.15, 0.2) is 18.2 Å². The van der Waals surface area contributed by atoms with Gasteiger partial charge in [-0.25, -0.2) is 8.78 Å². The van der Waals surface area contributed by atoms with Crippen LogP contribution in [0.4, 0.5) is 8.78 Å². The molecule has 0 saturated heterocycles. The molecule has 0 aliphatic carbocycles. The van der Waals surface area contributed by atoms with Crippen LogP contribution in [-0.4, -0.2) is 11.1 Å². The average Bonchev–Trinajstić information content (AvgIpc) is 2.21. The summed E-state index contributed by atoms with van der Waals surface area (Å²) >= 11 is 0. The highest BCUT2D eigenvalue weighted by molar-refractivity contribution is 5.81. The van der Waals surface area contributed by atoms with Crippen LogP contribution in [0.1, 0.15) is 18.9 Å². The van der Waals surface area contributed by atoms with Crippen LogP contribution in [0.5, 0.6) is 0 Å². The number of carboxylic acid groups (broad SMARTS) is 1. The van der Waals surface area contributed by atoms with Crippen molar-refractivity contribution < 1.29 is 18.7 Å². The SMILES string of the molecule is CC(CC#N)(C(=O)O)c1cc(F)ccc1F. The molecule has 5 heteroatoms. The first-order valence-electron chi connectivity index (χ1n) is 4.47. The zero-order chi connectivity index (χ0) is 12.3. The molecule has 16 heavy (non-hydrogen) atoms. The van der Waals surface area contributed by atoms with Crippen molar-refractivity contribution >= 4 is 5.97 Å². The lowest BCUT2D eigenvalue weighted by Crippen LogP contribution is -2.33. The predicted molar refractivity (Wildman–Crippen MR) is 51.6 cm³/mol. The Kier molecular flexibility index (Phi) is 3.23. The van der Waals surface area contributed by atoms with E-state index in [-0.39, 0.29) is 5.56 Å². The summed E-state index contributed by atoms with van der Waals surface area (Å²) in [6, 6.07) is 4.22. The van der Waals surface area contributed by atoms with E-state index >= 15 is 0 Å². The molecular weight excluding hydrogens is 216 g/mol. The van der Waals surface area contributed by atoms with Gasteiger partial charge in [0.1, 0.15) is 17.0 Å². The smallest absolute Gasteiger partial charge is 0.315 e. The summed E-state index contributed by atoms with van der Waals surface area (Å²) in [5, 5.41) is 17.5. The molecule has 0 aliphatic heterocycles. The molecule has 0 aliphatic rings. The molecule has 1 unspecified atom stereocenters. The number of carbonyl (C=O) groups is 1. The lowest BCUT2D eigenvalue weighted by Gasteiger charge is -2.22. The fourth-order valence-corrected chi connectivity index (χ4v) is 1.36. The van der Waals surface area contributed by atoms with Crippen LogP contribution < -0.4 is 0 Å². The van der Waals surface area contributed by atoms with Crippen molar-refractivity contribution in [1.82, 2.24) is 0 Å².